The molecule has 2 aromatic carbocycles. The van der Waals surface area contributed by atoms with Gasteiger partial charge in [-0.05, 0) is 36.4 Å². The molecule has 10 heteroatoms. The molecule has 0 aliphatic carbocycles. The summed E-state index contributed by atoms with van der Waals surface area (Å²) in [6.07, 6.45) is 1.10. The van der Waals surface area contributed by atoms with Crippen LogP contribution in [0.1, 0.15) is 19.3 Å². The number of hydrogen-bond acceptors (Lipinski definition) is 6. The summed E-state index contributed by atoms with van der Waals surface area (Å²) in [5.74, 6) is -1.02. The average molecular weight is 483 g/mol. The van der Waals surface area contributed by atoms with E-state index in [1.54, 1.807) is 11.0 Å². The van der Waals surface area contributed by atoms with Crippen molar-refractivity contribution < 1.29 is 22.3 Å². The average Bonchev–Trinajstić information content (AvgIpc) is 3.17. The first-order chi connectivity index (χ1) is 14.8. The second-order valence-corrected chi connectivity index (χ2v) is 10.8. The number of para-hydroxylation sites is 1. The second-order valence-electron chi connectivity index (χ2n) is 7.29. The Hall–Kier alpha value is -2.23. The number of carbonyl (C=O) groups excluding carboxylic acids is 1. The summed E-state index contributed by atoms with van der Waals surface area (Å²) in [5.41, 5.74) is 0.721. The summed E-state index contributed by atoms with van der Waals surface area (Å²) in [4.78, 5) is 18.6. The third kappa shape index (κ3) is 5.16. The van der Waals surface area contributed by atoms with Crippen molar-refractivity contribution >= 4 is 48.9 Å². The number of halogens is 2. The van der Waals surface area contributed by atoms with Crippen LogP contribution in [0.2, 0.25) is 5.02 Å². The maximum Gasteiger partial charge on any atom is 0.274 e. The van der Waals surface area contributed by atoms with Crippen molar-refractivity contribution in [2.45, 2.75) is 30.3 Å². The summed E-state index contributed by atoms with van der Waals surface area (Å²) >= 11 is 7.59. The standard InChI is InChI=1S/C21H20ClFN2O4S2/c22-17-2-1-3-18-20(17)24-21(30-18)29-15-8-11-25(12-9-15)19(26)10-13-31(27,28)16-6-4-14(23)5-7-16/h1-7,15H,8-13H2. The zero-order chi connectivity index (χ0) is 22.0. The molecule has 0 atom stereocenters. The molecule has 1 aliphatic heterocycles. The van der Waals surface area contributed by atoms with Gasteiger partial charge in [0.1, 0.15) is 17.4 Å². The van der Waals surface area contributed by atoms with E-state index in [1.165, 1.54) is 23.5 Å². The van der Waals surface area contributed by atoms with Crippen LogP contribution < -0.4 is 4.74 Å². The highest BCUT2D eigenvalue weighted by atomic mass is 35.5. The molecule has 0 saturated carbocycles. The summed E-state index contributed by atoms with van der Waals surface area (Å²) in [6, 6.07) is 10.2. The Morgan fingerprint density at radius 3 is 2.58 bits per heavy atom. The van der Waals surface area contributed by atoms with Gasteiger partial charge in [0.2, 0.25) is 5.91 Å². The fourth-order valence-corrected chi connectivity index (χ4v) is 5.86. The molecule has 0 bridgehead atoms. The SMILES string of the molecule is O=C(CCS(=O)(=O)c1ccc(F)cc1)N1CCC(Oc2nc3c(Cl)cccc3s2)CC1. The Morgan fingerprint density at radius 2 is 1.90 bits per heavy atom. The Balaban J connectivity index is 1.28. The van der Waals surface area contributed by atoms with Gasteiger partial charge in [0.15, 0.2) is 9.84 Å². The van der Waals surface area contributed by atoms with Crippen LogP contribution in [-0.4, -0.2) is 49.2 Å². The van der Waals surface area contributed by atoms with E-state index >= 15 is 0 Å². The predicted molar refractivity (Wildman–Crippen MR) is 118 cm³/mol. The van der Waals surface area contributed by atoms with Gasteiger partial charge in [0.05, 0.1) is 20.4 Å². The molecule has 0 radical (unpaired) electrons. The molecule has 1 aromatic heterocycles. The summed E-state index contributed by atoms with van der Waals surface area (Å²) in [6.45, 7) is 0.984. The van der Waals surface area contributed by atoms with Crippen LogP contribution >= 0.6 is 22.9 Å². The highest BCUT2D eigenvalue weighted by Crippen LogP contribution is 2.33. The first kappa shape index (κ1) is 22.0. The Kier molecular flexibility index (Phi) is 6.45. The molecule has 3 aromatic rings. The van der Waals surface area contributed by atoms with Gasteiger partial charge in [-0.1, -0.05) is 29.0 Å². The van der Waals surface area contributed by atoms with E-state index in [9.17, 15) is 17.6 Å². The molecule has 1 aliphatic rings. The van der Waals surface area contributed by atoms with Crippen molar-refractivity contribution in [1.82, 2.24) is 9.88 Å². The smallest absolute Gasteiger partial charge is 0.274 e. The maximum atomic E-state index is 13.0. The van der Waals surface area contributed by atoms with Crippen LogP contribution in [0, 0.1) is 5.82 Å². The molecule has 6 nitrogen and oxygen atoms in total. The molecular weight excluding hydrogens is 463 g/mol. The Bertz CT molecular complexity index is 1190. The minimum atomic E-state index is -3.64. The van der Waals surface area contributed by atoms with Gasteiger partial charge < -0.3 is 9.64 Å². The number of piperidine rings is 1. The summed E-state index contributed by atoms with van der Waals surface area (Å²) in [5, 5.41) is 1.14. The highest BCUT2D eigenvalue weighted by Gasteiger charge is 2.26. The fourth-order valence-electron chi connectivity index (χ4n) is 3.45. The number of hydrogen-bond donors (Lipinski definition) is 0. The van der Waals surface area contributed by atoms with Crippen LogP contribution in [0.4, 0.5) is 4.39 Å². The number of benzene rings is 2. The van der Waals surface area contributed by atoms with Gasteiger partial charge in [-0.3, -0.25) is 4.79 Å². The van der Waals surface area contributed by atoms with E-state index in [2.05, 4.69) is 4.98 Å². The van der Waals surface area contributed by atoms with E-state index in [-0.39, 0.29) is 29.1 Å². The first-order valence-electron chi connectivity index (χ1n) is 9.80. The van der Waals surface area contributed by atoms with Gasteiger partial charge in [-0.2, -0.15) is 0 Å². The fraction of sp³-hybridized carbons (Fsp3) is 0.333. The van der Waals surface area contributed by atoms with E-state index < -0.39 is 15.7 Å². The van der Waals surface area contributed by atoms with Crippen LogP contribution in [-0.2, 0) is 14.6 Å². The monoisotopic (exact) mass is 482 g/mol. The lowest BCUT2D eigenvalue weighted by Gasteiger charge is -2.31. The molecule has 1 amide bonds. The normalized spacial score (nSPS) is 15.4. The minimum absolute atomic E-state index is 0.0183. The second kappa shape index (κ2) is 9.10. The quantitative estimate of drug-likeness (QED) is 0.489. The van der Waals surface area contributed by atoms with Crippen molar-refractivity contribution in [2.24, 2.45) is 0 Å². The lowest BCUT2D eigenvalue weighted by atomic mass is 10.1. The number of carbonyl (C=O) groups is 1. The number of amides is 1. The lowest BCUT2D eigenvalue weighted by Crippen LogP contribution is -2.42. The molecule has 1 saturated heterocycles. The number of ether oxygens (including phenoxy) is 1. The zero-order valence-electron chi connectivity index (χ0n) is 16.5. The van der Waals surface area contributed by atoms with E-state index in [1.807, 2.05) is 12.1 Å². The largest absolute Gasteiger partial charge is 0.467 e. The third-order valence-electron chi connectivity index (χ3n) is 5.17. The predicted octanol–water partition coefficient (Wildman–Crippen LogP) is 4.32. The first-order valence-corrected chi connectivity index (χ1v) is 12.6. The summed E-state index contributed by atoms with van der Waals surface area (Å²) in [7, 11) is -3.64. The van der Waals surface area contributed by atoms with Crippen molar-refractivity contribution in [3.8, 4) is 5.19 Å². The molecule has 164 valence electrons. The number of nitrogens with zero attached hydrogens (tertiary/aromatic N) is 2. The molecule has 2 heterocycles. The van der Waals surface area contributed by atoms with Gasteiger partial charge in [0.25, 0.3) is 5.19 Å². The number of rotatable bonds is 6. The topological polar surface area (TPSA) is 76.6 Å². The van der Waals surface area contributed by atoms with Gasteiger partial charge in [-0.15, -0.1) is 0 Å². The van der Waals surface area contributed by atoms with Gasteiger partial charge in [-0.25, -0.2) is 17.8 Å². The number of sulfone groups is 1. The lowest BCUT2D eigenvalue weighted by molar-refractivity contribution is -0.132. The number of aromatic nitrogens is 1. The van der Waals surface area contributed by atoms with Crippen molar-refractivity contribution in [3.05, 3.63) is 53.3 Å². The van der Waals surface area contributed by atoms with E-state index in [4.69, 9.17) is 16.3 Å². The maximum absolute atomic E-state index is 13.0. The third-order valence-corrected chi connectivity index (χ3v) is 8.12. The van der Waals surface area contributed by atoms with Crippen molar-refractivity contribution in [3.63, 3.8) is 0 Å². The molecular formula is C21H20ClFN2O4S2. The molecule has 0 unspecified atom stereocenters. The molecule has 1 fully saturated rings. The van der Waals surface area contributed by atoms with Crippen LogP contribution in [0.15, 0.2) is 47.4 Å². The molecule has 0 N–H and O–H groups in total. The van der Waals surface area contributed by atoms with E-state index in [0.717, 1.165) is 22.3 Å². The van der Waals surface area contributed by atoms with Crippen LogP contribution in [0.25, 0.3) is 10.2 Å². The van der Waals surface area contributed by atoms with Crippen LogP contribution in [0.5, 0.6) is 5.19 Å². The van der Waals surface area contributed by atoms with Crippen molar-refractivity contribution in [2.75, 3.05) is 18.8 Å². The minimum Gasteiger partial charge on any atom is -0.467 e. The number of likely N-dealkylation sites (tertiary alicyclic amines) is 1. The number of fused-ring (bicyclic) bond motifs is 1. The Morgan fingerprint density at radius 1 is 1.19 bits per heavy atom. The van der Waals surface area contributed by atoms with Crippen LogP contribution in [0.3, 0.4) is 0 Å². The molecule has 4 rings (SSSR count). The van der Waals surface area contributed by atoms with Gasteiger partial charge >= 0.3 is 0 Å². The zero-order valence-corrected chi connectivity index (χ0v) is 18.9. The van der Waals surface area contributed by atoms with Gasteiger partial charge in [0, 0.05) is 32.4 Å². The molecule has 0 spiro atoms. The summed E-state index contributed by atoms with van der Waals surface area (Å²) < 4.78 is 44.7. The number of thiazole rings is 1. The van der Waals surface area contributed by atoms with E-state index in [0.29, 0.717) is 36.1 Å². The highest BCUT2D eigenvalue weighted by molar-refractivity contribution is 7.91. The van der Waals surface area contributed by atoms with Crippen molar-refractivity contribution in [1.29, 1.82) is 0 Å². The molecule has 31 heavy (non-hydrogen) atoms. The Labute approximate surface area is 188 Å².